The van der Waals surface area contributed by atoms with E-state index >= 15 is 0 Å². The van der Waals surface area contributed by atoms with E-state index in [1.165, 1.54) is 44.6 Å². The zero-order valence-electron chi connectivity index (χ0n) is 17.4. The third kappa shape index (κ3) is 7.14. The monoisotopic (exact) mass is 419 g/mol. The van der Waals surface area contributed by atoms with E-state index < -0.39 is 22.9 Å². The van der Waals surface area contributed by atoms with Crippen molar-refractivity contribution in [2.75, 3.05) is 32.1 Å². The quantitative estimate of drug-likeness (QED) is 0.186. The maximum atomic E-state index is 12.6. The first-order chi connectivity index (χ1) is 14.4. The van der Waals surface area contributed by atoms with Gasteiger partial charge >= 0.3 is 5.97 Å². The number of nitro benzene ring substituents is 1. The Labute approximate surface area is 176 Å². The molecule has 1 aromatic carbocycles. The van der Waals surface area contributed by atoms with Gasteiger partial charge in [0.2, 0.25) is 0 Å². The minimum Gasteiger partial charge on any atom is -0.449 e. The summed E-state index contributed by atoms with van der Waals surface area (Å²) >= 11 is 0. The number of esters is 1. The van der Waals surface area contributed by atoms with Gasteiger partial charge in [-0.2, -0.15) is 0 Å². The Morgan fingerprint density at radius 1 is 1.27 bits per heavy atom. The van der Waals surface area contributed by atoms with Crippen molar-refractivity contribution in [1.29, 1.82) is 0 Å². The van der Waals surface area contributed by atoms with Crippen LogP contribution in [0.25, 0.3) is 0 Å². The van der Waals surface area contributed by atoms with Gasteiger partial charge < -0.3 is 20.1 Å². The van der Waals surface area contributed by atoms with Gasteiger partial charge in [0, 0.05) is 38.0 Å². The molecule has 1 atom stereocenters. The molecule has 0 fully saturated rings. The number of allylic oxidation sites excluding steroid dienone is 1. The van der Waals surface area contributed by atoms with Crippen molar-refractivity contribution in [2.45, 2.75) is 45.1 Å². The molecule has 0 aliphatic heterocycles. The number of benzene rings is 1. The normalized spacial score (nSPS) is 14.4. The lowest BCUT2D eigenvalue weighted by Gasteiger charge is -2.17. The van der Waals surface area contributed by atoms with E-state index in [9.17, 15) is 19.7 Å². The molecule has 2 N–H and O–H groups in total. The second-order valence-electron chi connectivity index (χ2n) is 7.10. The molecule has 9 heteroatoms. The second kappa shape index (κ2) is 11.9. The lowest BCUT2D eigenvalue weighted by atomic mass is 9.97. The minimum absolute atomic E-state index is 0.00712. The van der Waals surface area contributed by atoms with Crippen molar-refractivity contribution in [2.24, 2.45) is 0 Å². The van der Waals surface area contributed by atoms with Crippen LogP contribution >= 0.6 is 0 Å². The topological polar surface area (TPSA) is 120 Å². The summed E-state index contributed by atoms with van der Waals surface area (Å²) in [6.45, 7) is 2.75. The number of nitrogens with one attached hydrogen (secondary N) is 2. The molecule has 0 heterocycles. The Balaban J connectivity index is 1.96. The summed E-state index contributed by atoms with van der Waals surface area (Å²) in [5.74, 6) is -1.21. The van der Waals surface area contributed by atoms with Gasteiger partial charge in [0.1, 0.15) is 0 Å². The fraction of sp³-hybridized carbons (Fsp3) is 0.524. The van der Waals surface area contributed by atoms with Crippen molar-refractivity contribution < 1.29 is 24.0 Å². The summed E-state index contributed by atoms with van der Waals surface area (Å²) < 4.78 is 10.2. The third-order valence-electron chi connectivity index (χ3n) is 4.84. The number of ether oxygens (including phenoxy) is 2. The van der Waals surface area contributed by atoms with Gasteiger partial charge in [0.25, 0.3) is 11.6 Å². The first kappa shape index (κ1) is 23.3. The molecule has 0 saturated carbocycles. The van der Waals surface area contributed by atoms with Gasteiger partial charge in [-0.3, -0.25) is 14.9 Å². The molecular weight excluding hydrogens is 390 g/mol. The van der Waals surface area contributed by atoms with E-state index in [-0.39, 0.29) is 11.3 Å². The van der Waals surface area contributed by atoms with Crippen molar-refractivity contribution in [3.63, 3.8) is 0 Å². The van der Waals surface area contributed by atoms with Crippen LogP contribution in [0.5, 0.6) is 0 Å². The van der Waals surface area contributed by atoms with Crippen LogP contribution in [-0.4, -0.2) is 49.7 Å². The standard InChI is InChI=1S/C21H29N3O6/c1-15(20(25)23-11-10-16-6-4-3-5-7-16)30-21(26)18-14-17(24(27)28)8-9-19(18)22-12-13-29-2/h6,8-9,14-15,22H,3-5,7,10-13H2,1-2H3,(H,23,25)/t15-/m1/s1. The van der Waals surface area contributed by atoms with Crippen LogP contribution in [0, 0.1) is 10.1 Å². The predicted octanol–water partition coefficient (Wildman–Crippen LogP) is 3.21. The molecule has 0 saturated heterocycles. The summed E-state index contributed by atoms with van der Waals surface area (Å²) in [6, 6.07) is 3.87. The van der Waals surface area contributed by atoms with Gasteiger partial charge in [0.15, 0.2) is 6.10 Å². The molecular formula is C21H29N3O6. The average Bonchev–Trinajstić information content (AvgIpc) is 2.74. The van der Waals surface area contributed by atoms with Crippen LogP contribution in [0.15, 0.2) is 29.8 Å². The first-order valence-electron chi connectivity index (χ1n) is 10.1. The Hall–Kier alpha value is -2.94. The molecule has 0 aromatic heterocycles. The number of amides is 1. The van der Waals surface area contributed by atoms with Crippen LogP contribution in [0.3, 0.4) is 0 Å². The lowest BCUT2D eigenvalue weighted by molar-refractivity contribution is -0.384. The van der Waals surface area contributed by atoms with E-state index in [1.807, 2.05) is 0 Å². The number of nitro groups is 1. The molecule has 1 aliphatic carbocycles. The van der Waals surface area contributed by atoms with E-state index in [2.05, 4.69) is 16.7 Å². The highest BCUT2D eigenvalue weighted by Gasteiger charge is 2.23. The zero-order valence-corrected chi connectivity index (χ0v) is 17.4. The smallest absolute Gasteiger partial charge is 0.341 e. The Morgan fingerprint density at radius 2 is 2.07 bits per heavy atom. The van der Waals surface area contributed by atoms with Crippen molar-refractivity contribution in [3.05, 3.63) is 45.5 Å². The molecule has 1 aliphatic rings. The molecule has 0 bridgehead atoms. The molecule has 0 spiro atoms. The average molecular weight is 419 g/mol. The summed E-state index contributed by atoms with van der Waals surface area (Å²) in [5, 5.41) is 16.8. The fourth-order valence-electron chi connectivity index (χ4n) is 3.16. The minimum atomic E-state index is -1.02. The van der Waals surface area contributed by atoms with E-state index in [1.54, 1.807) is 0 Å². The predicted molar refractivity (Wildman–Crippen MR) is 113 cm³/mol. The van der Waals surface area contributed by atoms with Crippen LogP contribution in [0.4, 0.5) is 11.4 Å². The summed E-state index contributed by atoms with van der Waals surface area (Å²) in [5.41, 5.74) is 1.47. The molecule has 1 aromatic rings. The lowest BCUT2D eigenvalue weighted by Crippen LogP contribution is -2.36. The van der Waals surface area contributed by atoms with Crippen molar-refractivity contribution >= 4 is 23.3 Å². The number of methoxy groups -OCH3 is 1. The highest BCUT2D eigenvalue weighted by atomic mass is 16.6. The first-order valence-corrected chi connectivity index (χ1v) is 10.1. The molecule has 1 amide bonds. The summed E-state index contributed by atoms with van der Waals surface area (Å²) in [6.07, 6.45) is 6.52. The SMILES string of the molecule is COCCNc1ccc([N+](=O)[O-])cc1C(=O)O[C@H](C)C(=O)NCCC1=CCCCC1. The maximum absolute atomic E-state index is 12.6. The van der Waals surface area contributed by atoms with Crippen molar-refractivity contribution in [3.8, 4) is 0 Å². The molecule has 2 rings (SSSR count). The number of hydrogen-bond acceptors (Lipinski definition) is 7. The van der Waals surface area contributed by atoms with Crippen LogP contribution in [-0.2, 0) is 14.3 Å². The van der Waals surface area contributed by atoms with Gasteiger partial charge in [-0.05, 0) is 45.1 Å². The van der Waals surface area contributed by atoms with Gasteiger partial charge in [-0.1, -0.05) is 11.6 Å². The van der Waals surface area contributed by atoms with E-state index in [0.29, 0.717) is 25.4 Å². The number of carbonyl (C=O) groups is 2. The van der Waals surface area contributed by atoms with Crippen LogP contribution in [0.1, 0.15) is 49.4 Å². The largest absolute Gasteiger partial charge is 0.449 e. The Kier molecular flexibility index (Phi) is 9.27. The molecule has 30 heavy (non-hydrogen) atoms. The van der Waals surface area contributed by atoms with Gasteiger partial charge in [-0.25, -0.2) is 4.79 Å². The summed E-state index contributed by atoms with van der Waals surface area (Å²) in [7, 11) is 1.54. The Morgan fingerprint density at radius 3 is 2.73 bits per heavy atom. The third-order valence-corrected chi connectivity index (χ3v) is 4.84. The molecule has 0 unspecified atom stereocenters. The number of carbonyl (C=O) groups excluding carboxylic acids is 2. The highest BCUT2D eigenvalue weighted by molar-refractivity contribution is 5.98. The second-order valence-corrected chi connectivity index (χ2v) is 7.10. The molecule has 0 radical (unpaired) electrons. The maximum Gasteiger partial charge on any atom is 0.341 e. The fourth-order valence-corrected chi connectivity index (χ4v) is 3.16. The van der Waals surface area contributed by atoms with Crippen molar-refractivity contribution in [1.82, 2.24) is 5.32 Å². The van der Waals surface area contributed by atoms with Gasteiger partial charge in [0.05, 0.1) is 17.1 Å². The molecule has 9 nitrogen and oxygen atoms in total. The van der Waals surface area contributed by atoms with Crippen LogP contribution < -0.4 is 10.6 Å². The van der Waals surface area contributed by atoms with Gasteiger partial charge in [-0.15, -0.1) is 0 Å². The van der Waals surface area contributed by atoms with E-state index in [0.717, 1.165) is 25.3 Å². The Bertz CT molecular complexity index is 793. The number of anilines is 1. The number of rotatable bonds is 11. The van der Waals surface area contributed by atoms with Crippen LogP contribution in [0.2, 0.25) is 0 Å². The summed E-state index contributed by atoms with van der Waals surface area (Å²) in [4.78, 5) is 35.4. The van der Waals surface area contributed by atoms with E-state index in [4.69, 9.17) is 9.47 Å². The zero-order chi connectivity index (χ0) is 21.9. The number of hydrogen-bond donors (Lipinski definition) is 2. The highest BCUT2D eigenvalue weighted by Crippen LogP contribution is 2.23. The number of nitrogens with zero attached hydrogens (tertiary/aromatic N) is 1. The number of non-ortho nitro benzene ring substituents is 1. The molecule has 164 valence electrons.